The van der Waals surface area contributed by atoms with E-state index in [0.717, 1.165) is 15.1 Å². The van der Waals surface area contributed by atoms with Crippen LogP contribution in [0.4, 0.5) is 0 Å². The van der Waals surface area contributed by atoms with Crippen LogP contribution >= 0.6 is 11.3 Å². The number of fused-ring (bicyclic) bond motifs is 1. The van der Waals surface area contributed by atoms with Gasteiger partial charge in [0.25, 0.3) is 5.91 Å². The first-order chi connectivity index (χ1) is 13.4. The van der Waals surface area contributed by atoms with Crippen molar-refractivity contribution in [3.05, 3.63) is 28.6 Å². The van der Waals surface area contributed by atoms with E-state index < -0.39 is 11.9 Å². The Morgan fingerprint density at radius 2 is 1.89 bits per heavy atom. The van der Waals surface area contributed by atoms with Crippen LogP contribution in [-0.2, 0) is 30.4 Å². The van der Waals surface area contributed by atoms with Crippen LogP contribution < -0.4 is 4.80 Å². The third kappa shape index (κ3) is 4.02. The van der Waals surface area contributed by atoms with Crippen LogP contribution in [0.3, 0.4) is 0 Å². The number of aromatic nitrogens is 1. The van der Waals surface area contributed by atoms with E-state index >= 15 is 0 Å². The minimum Gasteiger partial charge on any atom is -0.465 e. The van der Waals surface area contributed by atoms with Crippen molar-refractivity contribution >= 4 is 45.2 Å². The fraction of sp³-hybridized carbons (Fsp3) is 0.389. The highest BCUT2D eigenvalue weighted by molar-refractivity contribution is 7.16. The molecule has 0 aliphatic carbocycles. The number of carbonyl (C=O) groups is 4. The summed E-state index contributed by atoms with van der Waals surface area (Å²) in [7, 11) is 2.87. The highest BCUT2D eigenvalue weighted by Crippen LogP contribution is 2.20. The van der Waals surface area contributed by atoms with Gasteiger partial charge >= 0.3 is 5.97 Å². The molecule has 0 saturated carbocycles. The van der Waals surface area contributed by atoms with E-state index in [1.54, 1.807) is 29.9 Å². The first kappa shape index (κ1) is 19.9. The van der Waals surface area contributed by atoms with Crippen LogP contribution in [0.25, 0.3) is 10.2 Å². The third-order valence-electron chi connectivity index (χ3n) is 4.29. The fourth-order valence-electron chi connectivity index (χ4n) is 2.88. The van der Waals surface area contributed by atoms with E-state index in [4.69, 9.17) is 9.47 Å². The molecule has 0 N–H and O–H groups in total. The molecule has 9 nitrogen and oxygen atoms in total. The maximum atomic E-state index is 12.4. The van der Waals surface area contributed by atoms with Crippen molar-refractivity contribution in [2.75, 3.05) is 27.4 Å². The smallest absolute Gasteiger partial charge is 0.337 e. The zero-order valence-corrected chi connectivity index (χ0v) is 16.3. The number of esters is 1. The zero-order chi connectivity index (χ0) is 20.3. The number of ether oxygens (including phenoxy) is 2. The SMILES string of the molecule is COCCn1c(=NC(=O)CN2C(=O)CCC2=O)sc2cc(C(=O)OC)ccc21. The third-order valence-corrected chi connectivity index (χ3v) is 5.33. The van der Waals surface area contributed by atoms with Gasteiger partial charge in [-0.15, -0.1) is 0 Å². The molecule has 1 aliphatic rings. The van der Waals surface area contributed by atoms with E-state index in [-0.39, 0.29) is 31.2 Å². The summed E-state index contributed by atoms with van der Waals surface area (Å²) in [6.45, 7) is 0.473. The molecule has 3 amide bonds. The lowest BCUT2D eigenvalue weighted by atomic mass is 10.2. The number of carbonyl (C=O) groups excluding carboxylic acids is 4. The van der Waals surface area contributed by atoms with Crippen LogP contribution in [0.1, 0.15) is 23.2 Å². The average Bonchev–Trinajstić information content (AvgIpc) is 3.18. The van der Waals surface area contributed by atoms with Crippen LogP contribution in [0.5, 0.6) is 0 Å². The molecule has 1 saturated heterocycles. The number of amides is 3. The standard InChI is InChI=1S/C18H19N3O6S/c1-26-8-7-20-12-4-3-11(17(25)27-2)9-13(12)28-18(20)19-14(22)10-21-15(23)5-6-16(21)24/h3-4,9H,5-8,10H2,1-2H3. The number of benzene rings is 1. The molecule has 1 fully saturated rings. The van der Waals surface area contributed by atoms with E-state index in [9.17, 15) is 19.2 Å². The lowest BCUT2D eigenvalue weighted by Gasteiger charge is -2.10. The van der Waals surface area contributed by atoms with Gasteiger partial charge in [0.2, 0.25) is 11.8 Å². The first-order valence-corrected chi connectivity index (χ1v) is 9.37. The normalized spacial score (nSPS) is 14.9. The summed E-state index contributed by atoms with van der Waals surface area (Å²) in [4.78, 5) is 53.0. The molecule has 28 heavy (non-hydrogen) atoms. The van der Waals surface area contributed by atoms with Gasteiger partial charge in [0.05, 0.1) is 29.5 Å². The summed E-state index contributed by atoms with van der Waals surface area (Å²) >= 11 is 1.23. The number of methoxy groups -OCH3 is 2. The van der Waals surface area contributed by atoms with Crippen molar-refractivity contribution in [3.8, 4) is 0 Å². The van der Waals surface area contributed by atoms with Crippen LogP contribution in [-0.4, -0.2) is 60.5 Å². The maximum Gasteiger partial charge on any atom is 0.337 e. The molecular formula is C18H19N3O6S. The Kier molecular flexibility index (Phi) is 6.00. The molecule has 148 valence electrons. The number of rotatable bonds is 6. The van der Waals surface area contributed by atoms with Crippen LogP contribution in [0.15, 0.2) is 23.2 Å². The monoisotopic (exact) mass is 405 g/mol. The van der Waals surface area contributed by atoms with Crippen molar-refractivity contribution in [2.24, 2.45) is 4.99 Å². The Morgan fingerprint density at radius 1 is 1.18 bits per heavy atom. The number of nitrogens with zero attached hydrogens (tertiary/aromatic N) is 3. The highest BCUT2D eigenvalue weighted by Gasteiger charge is 2.30. The molecule has 3 rings (SSSR count). The Morgan fingerprint density at radius 3 is 2.54 bits per heavy atom. The number of hydrogen-bond donors (Lipinski definition) is 0. The van der Waals surface area contributed by atoms with Gasteiger partial charge in [0, 0.05) is 26.5 Å². The summed E-state index contributed by atoms with van der Waals surface area (Å²) in [5.74, 6) is -1.77. The van der Waals surface area contributed by atoms with Gasteiger partial charge in [0.1, 0.15) is 6.54 Å². The second-order valence-corrected chi connectivity index (χ2v) is 7.09. The summed E-state index contributed by atoms with van der Waals surface area (Å²) in [6.07, 6.45) is 0.248. The molecular weight excluding hydrogens is 386 g/mol. The summed E-state index contributed by atoms with van der Waals surface area (Å²) in [6, 6.07) is 5.06. The fourth-order valence-corrected chi connectivity index (χ4v) is 3.99. The van der Waals surface area contributed by atoms with Crippen LogP contribution in [0, 0.1) is 0 Å². The largest absolute Gasteiger partial charge is 0.465 e. The quantitative estimate of drug-likeness (QED) is 0.518. The van der Waals surface area contributed by atoms with Gasteiger partial charge in [-0.05, 0) is 18.2 Å². The second-order valence-electron chi connectivity index (χ2n) is 6.08. The first-order valence-electron chi connectivity index (χ1n) is 8.56. The lowest BCUT2D eigenvalue weighted by molar-refractivity contribution is -0.141. The molecule has 2 aromatic rings. The van der Waals surface area contributed by atoms with Gasteiger partial charge in [0.15, 0.2) is 4.80 Å². The Labute approximate surface area is 164 Å². The topological polar surface area (TPSA) is 107 Å². The van der Waals surface area contributed by atoms with Gasteiger partial charge in [-0.3, -0.25) is 19.3 Å². The van der Waals surface area contributed by atoms with Gasteiger partial charge in [-0.25, -0.2) is 4.79 Å². The zero-order valence-electron chi connectivity index (χ0n) is 15.5. The summed E-state index contributed by atoms with van der Waals surface area (Å²) in [5.41, 5.74) is 1.18. The van der Waals surface area contributed by atoms with E-state index in [2.05, 4.69) is 4.99 Å². The van der Waals surface area contributed by atoms with Gasteiger partial charge in [-0.2, -0.15) is 4.99 Å². The predicted molar refractivity (Wildman–Crippen MR) is 99.6 cm³/mol. The number of likely N-dealkylation sites (tertiary alicyclic amines) is 1. The highest BCUT2D eigenvalue weighted by atomic mass is 32.1. The van der Waals surface area contributed by atoms with Gasteiger partial charge in [-0.1, -0.05) is 11.3 Å². The van der Waals surface area contributed by atoms with Crippen molar-refractivity contribution in [3.63, 3.8) is 0 Å². The lowest BCUT2D eigenvalue weighted by Crippen LogP contribution is -2.34. The molecule has 10 heteroatoms. The Hall–Kier alpha value is -2.85. The van der Waals surface area contributed by atoms with Crippen molar-refractivity contribution < 1.29 is 28.7 Å². The minimum absolute atomic E-state index is 0.124. The molecule has 2 heterocycles. The average molecular weight is 405 g/mol. The molecule has 0 spiro atoms. The molecule has 0 unspecified atom stereocenters. The van der Waals surface area contributed by atoms with Crippen LogP contribution in [0.2, 0.25) is 0 Å². The second kappa shape index (κ2) is 8.44. The molecule has 0 radical (unpaired) electrons. The van der Waals surface area contributed by atoms with Crippen molar-refractivity contribution in [1.82, 2.24) is 9.47 Å². The predicted octanol–water partition coefficient (Wildman–Crippen LogP) is 0.712. The van der Waals surface area contributed by atoms with E-state index in [0.29, 0.717) is 23.5 Å². The molecule has 0 bridgehead atoms. The Bertz CT molecular complexity index is 1010. The maximum absolute atomic E-state index is 12.4. The van der Waals surface area contributed by atoms with E-state index in [1.807, 2.05) is 0 Å². The van der Waals surface area contributed by atoms with Crippen molar-refractivity contribution in [1.29, 1.82) is 0 Å². The molecule has 0 atom stereocenters. The number of hydrogen-bond acceptors (Lipinski definition) is 7. The molecule has 1 aromatic carbocycles. The van der Waals surface area contributed by atoms with Crippen molar-refractivity contribution in [2.45, 2.75) is 19.4 Å². The Balaban J connectivity index is 1.98. The van der Waals surface area contributed by atoms with Gasteiger partial charge < -0.3 is 14.0 Å². The van der Waals surface area contributed by atoms with E-state index in [1.165, 1.54) is 18.4 Å². The number of thiazole rings is 1. The molecule has 1 aliphatic heterocycles. The summed E-state index contributed by atoms with van der Waals surface area (Å²) in [5, 5.41) is 0. The molecule has 1 aromatic heterocycles. The number of imide groups is 1. The minimum atomic E-state index is -0.588. The summed E-state index contributed by atoms with van der Waals surface area (Å²) < 4.78 is 12.4.